The zero-order chi connectivity index (χ0) is 16.7. The molecule has 1 aromatic carbocycles. The molecule has 0 bridgehead atoms. The highest BCUT2D eigenvalue weighted by atomic mass is 16.5. The highest BCUT2D eigenvalue weighted by molar-refractivity contribution is 6.21. The molecule has 124 valence electrons. The molecule has 1 N–H and O–H groups in total. The number of rotatable bonds is 6. The van der Waals surface area contributed by atoms with Crippen LogP contribution < -0.4 is 4.74 Å². The minimum atomic E-state index is -0.263. The monoisotopic (exact) mass is 319 g/mol. The third kappa shape index (κ3) is 4.91. The molecule has 0 radical (unpaired) electrons. The molecule has 1 aliphatic heterocycles. The third-order valence-corrected chi connectivity index (χ3v) is 3.46. The first kappa shape index (κ1) is 17.2. The van der Waals surface area contributed by atoms with Gasteiger partial charge in [0.15, 0.2) is 5.78 Å². The molecule has 1 aliphatic rings. The van der Waals surface area contributed by atoms with E-state index in [2.05, 4.69) is 0 Å². The molecular formula is C17H21NO5. The van der Waals surface area contributed by atoms with Gasteiger partial charge in [0.05, 0.1) is 25.4 Å². The summed E-state index contributed by atoms with van der Waals surface area (Å²) in [6, 6.07) is 7.00. The molecule has 1 heterocycles. The van der Waals surface area contributed by atoms with Crippen molar-refractivity contribution in [2.75, 3.05) is 39.5 Å². The summed E-state index contributed by atoms with van der Waals surface area (Å²) in [5, 5.41) is 8.72. The average molecular weight is 319 g/mol. The van der Waals surface area contributed by atoms with Crippen molar-refractivity contribution in [3.63, 3.8) is 0 Å². The predicted molar refractivity (Wildman–Crippen MR) is 85.1 cm³/mol. The molecule has 0 aliphatic carbocycles. The van der Waals surface area contributed by atoms with E-state index in [4.69, 9.17) is 14.6 Å². The van der Waals surface area contributed by atoms with Crippen LogP contribution in [0.25, 0.3) is 6.08 Å². The molecule has 0 saturated carbocycles. The number of Topliss-reactive ketones (excluding diaryl/α,β-unsaturated/α-hetero) is 1. The smallest absolute Gasteiger partial charge is 0.257 e. The molecule has 0 atom stereocenters. The lowest BCUT2D eigenvalue weighted by Gasteiger charge is -2.27. The van der Waals surface area contributed by atoms with Crippen LogP contribution >= 0.6 is 0 Å². The molecule has 0 aromatic heterocycles. The zero-order valence-corrected chi connectivity index (χ0v) is 13.2. The van der Waals surface area contributed by atoms with Gasteiger partial charge < -0.3 is 19.5 Å². The number of aliphatic hydroxyl groups excluding tert-OH is 1. The van der Waals surface area contributed by atoms with Gasteiger partial charge in [-0.15, -0.1) is 0 Å². The molecule has 1 amide bonds. The maximum atomic E-state index is 12.5. The summed E-state index contributed by atoms with van der Waals surface area (Å²) in [4.78, 5) is 26.0. The highest BCUT2D eigenvalue weighted by Gasteiger charge is 2.23. The molecule has 6 heteroatoms. The Morgan fingerprint density at radius 2 is 1.91 bits per heavy atom. The second kappa shape index (κ2) is 8.45. The topological polar surface area (TPSA) is 76.1 Å². The summed E-state index contributed by atoms with van der Waals surface area (Å²) in [5.74, 6) is 0.101. The van der Waals surface area contributed by atoms with Crippen LogP contribution in [-0.2, 0) is 14.3 Å². The Bertz CT molecular complexity index is 573. The number of nitrogens with zero attached hydrogens (tertiary/aromatic N) is 1. The van der Waals surface area contributed by atoms with E-state index in [1.54, 1.807) is 35.2 Å². The molecular weight excluding hydrogens is 298 g/mol. The highest BCUT2D eigenvalue weighted by Crippen LogP contribution is 2.16. The van der Waals surface area contributed by atoms with Crippen molar-refractivity contribution in [1.82, 2.24) is 4.90 Å². The number of carbonyl (C=O) groups excluding carboxylic acids is 2. The normalized spacial score (nSPS) is 15.4. The Labute approximate surface area is 135 Å². The number of carbonyl (C=O) groups is 2. The van der Waals surface area contributed by atoms with E-state index >= 15 is 0 Å². The van der Waals surface area contributed by atoms with Crippen molar-refractivity contribution in [3.8, 4) is 5.75 Å². The number of benzene rings is 1. The maximum Gasteiger partial charge on any atom is 0.257 e. The molecule has 1 aromatic rings. The summed E-state index contributed by atoms with van der Waals surface area (Å²) in [7, 11) is 0. The Morgan fingerprint density at radius 3 is 2.48 bits per heavy atom. The molecule has 1 saturated heterocycles. The summed E-state index contributed by atoms with van der Waals surface area (Å²) in [6.45, 7) is 3.55. The number of aliphatic hydroxyl groups is 1. The van der Waals surface area contributed by atoms with Gasteiger partial charge in [-0.05, 0) is 30.7 Å². The van der Waals surface area contributed by atoms with Crippen LogP contribution in [0, 0.1) is 0 Å². The van der Waals surface area contributed by atoms with Crippen LogP contribution in [0.3, 0.4) is 0 Å². The van der Waals surface area contributed by atoms with Gasteiger partial charge in [-0.25, -0.2) is 0 Å². The first-order valence-electron chi connectivity index (χ1n) is 7.55. The van der Waals surface area contributed by atoms with Crippen molar-refractivity contribution >= 4 is 17.8 Å². The van der Waals surface area contributed by atoms with Crippen molar-refractivity contribution in [1.29, 1.82) is 0 Å². The van der Waals surface area contributed by atoms with Gasteiger partial charge in [0.1, 0.15) is 12.4 Å². The second-order valence-electron chi connectivity index (χ2n) is 5.16. The first-order chi connectivity index (χ1) is 11.1. The first-order valence-corrected chi connectivity index (χ1v) is 7.55. The fourth-order valence-corrected chi connectivity index (χ4v) is 2.24. The quantitative estimate of drug-likeness (QED) is 0.479. The van der Waals surface area contributed by atoms with Gasteiger partial charge in [0.2, 0.25) is 0 Å². The van der Waals surface area contributed by atoms with Gasteiger partial charge in [0, 0.05) is 13.1 Å². The maximum absolute atomic E-state index is 12.5. The SMILES string of the molecule is CC(=O)C(=Cc1ccc(OCCO)cc1)C(=O)N1CCOCC1. The Kier molecular flexibility index (Phi) is 6.31. The fourth-order valence-electron chi connectivity index (χ4n) is 2.24. The van der Waals surface area contributed by atoms with Crippen molar-refractivity contribution in [2.24, 2.45) is 0 Å². The Balaban J connectivity index is 2.14. The van der Waals surface area contributed by atoms with Crippen molar-refractivity contribution in [2.45, 2.75) is 6.92 Å². The predicted octanol–water partition coefficient (Wildman–Crippen LogP) is 0.889. The van der Waals surface area contributed by atoms with E-state index in [0.29, 0.717) is 32.1 Å². The zero-order valence-electron chi connectivity index (χ0n) is 13.2. The van der Waals surface area contributed by atoms with Crippen LogP contribution in [0.15, 0.2) is 29.8 Å². The number of morpholine rings is 1. The lowest BCUT2D eigenvalue weighted by Crippen LogP contribution is -2.42. The van der Waals surface area contributed by atoms with Gasteiger partial charge in [0.25, 0.3) is 5.91 Å². The summed E-state index contributed by atoms with van der Waals surface area (Å²) in [6.07, 6.45) is 1.59. The molecule has 6 nitrogen and oxygen atoms in total. The fraction of sp³-hybridized carbons (Fsp3) is 0.412. The number of amides is 1. The van der Waals surface area contributed by atoms with E-state index in [9.17, 15) is 9.59 Å². The Hall–Kier alpha value is -2.18. The summed E-state index contributed by atoms with van der Waals surface area (Å²) >= 11 is 0. The lowest BCUT2D eigenvalue weighted by molar-refractivity contribution is -0.132. The van der Waals surface area contributed by atoms with Crippen LogP contribution in [0.5, 0.6) is 5.75 Å². The van der Waals surface area contributed by atoms with Crippen LogP contribution in [0.4, 0.5) is 0 Å². The number of hydrogen-bond acceptors (Lipinski definition) is 5. The van der Waals surface area contributed by atoms with Gasteiger partial charge in [-0.1, -0.05) is 12.1 Å². The number of ketones is 1. The molecule has 1 fully saturated rings. The standard InChI is InChI=1S/C17H21NO5/c1-13(20)16(17(21)18-6-9-22-10-7-18)12-14-2-4-15(5-3-14)23-11-8-19/h2-5,12,19H,6-11H2,1H3. The van der Waals surface area contributed by atoms with E-state index in [1.807, 2.05) is 0 Å². The summed E-state index contributed by atoms with van der Waals surface area (Å²) < 4.78 is 10.5. The lowest BCUT2D eigenvalue weighted by atomic mass is 10.1. The van der Waals surface area contributed by atoms with E-state index in [1.165, 1.54) is 6.92 Å². The number of ether oxygens (including phenoxy) is 2. The average Bonchev–Trinajstić information content (AvgIpc) is 2.59. The molecule has 0 unspecified atom stereocenters. The van der Waals surface area contributed by atoms with Gasteiger partial charge in [-0.2, -0.15) is 0 Å². The minimum Gasteiger partial charge on any atom is -0.491 e. The molecule has 2 rings (SSSR count). The van der Waals surface area contributed by atoms with Crippen LogP contribution in [0.1, 0.15) is 12.5 Å². The molecule has 0 spiro atoms. The van der Waals surface area contributed by atoms with Crippen molar-refractivity contribution < 1.29 is 24.2 Å². The minimum absolute atomic E-state index is 0.0514. The third-order valence-electron chi connectivity index (χ3n) is 3.46. The van der Waals surface area contributed by atoms with E-state index in [-0.39, 0.29) is 30.5 Å². The second-order valence-corrected chi connectivity index (χ2v) is 5.16. The Morgan fingerprint density at radius 1 is 1.26 bits per heavy atom. The van der Waals surface area contributed by atoms with Crippen molar-refractivity contribution in [3.05, 3.63) is 35.4 Å². The largest absolute Gasteiger partial charge is 0.491 e. The van der Waals surface area contributed by atoms with Gasteiger partial charge in [-0.3, -0.25) is 9.59 Å². The molecule has 23 heavy (non-hydrogen) atoms. The van der Waals surface area contributed by atoms with Gasteiger partial charge >= 0.3 is 0 Å². The summed E-state index contributed by atoms with van der Waals surface area (Å²) in [5.41, 5.74) is 0.907. The van der Waals surface area contributed by atoms with Crippen LogP contribution in [0.2, 0.25) is 0 Å². The van der Waals surface area contributed by atoms with E-state index < -0.39 is 0 Å². The number of hydrogen-bond donors (Lipinski definition) is 1. The van der Waals surface area contributed by atoms with Crippen LogP contribution in [-0.4, -0.2) is 61.2 Å². The van der Waals surface area contributed by atoms with E-state index in [0.717, 1.165) is 5.56 Å².